The average molecular weight is 228 g/mol. The molecule has 0 aliphatic rings. The Bertz CT molecular complexity index is 326. The Morgan fingerprint density at radius 3 is 2.53 bits per heavy atom. The SMILES string of the molecule is CCc1c(Cl)ncnc1NC(C)C(C)C. The average Bonchev–Trinajstić information content (AvgIpc) is 2.18. The molecule has 0 amide bonds. The van der Waals surface area contributed by atoms with Gasteiger partial charge in [0.2, 0.25) is 0 Å². The third kappa shape index (κ3) is 3.06. The lowest BCUT2D eigenvalue weighted by Crippen LogP contribution is -2.23. The lowest BCUT2D eigenvalue weighted by atomic mass is 10.1. The summed E-state index contributed by atoms with van der Waals surface area (Å²) in [6.45, 7) is 8.54. The fraction of sp³-hybridized carbons (Fsp3) is 0.636. The van der Waals surface area contributed by atoms with Gasteiger partial charge in [0.15, 0.2) is 0 Å². The minimum atomic E-state index is 0.376. The lowest BCUT2D eigenvalue weighted by molar-refractivity contribution is 0.557. The number of hydrogen-bond donors (Lipinski definition) is 1. The Morgan fingerprint density at radius 1 is 1.33 bits per heavy atom. The molecule has 1 rings (SSSR count). The Balaban J connectivity index is 2.89. The van der Waals surface area contributed by atoms with E-state index in [-0.39, 0.29) is 0 Å². The van der Waals surface area contributed by atoms with Crippen LogP contribution < -0.4 is 5.32 Å². The molecule has 1 atom stereocenters. The van der Waals surface area contributed by atoms with Crippen molar-refractivity contribution < 1.29 is 0 Å². The smallest absolute Gasteiger partial charge is 0.137 e. The van der Waals surface area contributed by atoms with Gasteiger partial charge >= 0.3 is 0 Å². The van der Waals surface area contributed by atoms with Crippen molar-refractivity contribution in [2.75, 3.05) is 5.32 Å². The Labute approximate surface area is 96.3 Å². The highest BCUT2D eigenvalue weighted by Gasteiger charge is 2.12. The Hall–Kier alpha value is -0.830. The topological polar surface area (TPSA) is 37.8 Å². The second kappa shape index (κ2) is 5.31. The van der Waals surface area contributed by atoms with Gasteiger partial charge in [0.05, 0.1) is 0 Å². The van der Waals surface area contributed by atoms with E-state index in [9.17, 15) is 0 Å². The van der Waals surface area contributed by atoms with Gasteiger partial charge in [-0.25, -0.2) is 9.97 Å². The van der Waals surface area contributed by atoms with Crippen molar-refractivity contribution in [1.29, 1.82) is 0 Å². The molecule has 0 spiro atoms. The summed E-state index contributed by atoms with van der Waals surface area (Å²) in [4.78, 5) is 8.20. The lowest BCUT2D eigenvalue weighted by Gasteiger charge is -2.19. The van der Waals surface area contributed by atoms with Gasteiger partial charge in [-0.3, -0.25) is 0 Å². The van der Waals surface area contributed by atoms with Gasteiger partial charge in [-0.1, -0.05) is 32.4 Å². The molecule has 0 radical (unpaired) electrons. The molecular formula is C11H18ClN3. The van der Waals surface area contributed by atoms with Crippen LogP contribution in [0.25, 0.3) is 0 Å². The molecule has 0 aliphatic carbocycles. The van der Waals surface area contributed by atoms with Crippen molar-refractivity contribution in [3.8, 4) is 0 Å². The second-order valence-electron chi connectivity index (χ2n) is 4.02. The van der Waals surface area contributed by atoms with E-state index in [1.165, 1.54) is 6.33 Å². The number of nitrogens with zero attached hydrogens (tertiary/aromatic N) is 2. The van der Waals surface area contributed by atoms with E-state index in [0.717, 1.165) is 17.8 Å². The molecule has 4 heteroatoms. The molecule has 0 aromatic carbocycles. The van der Waals surface area contributed by atoms with Gasteiger partial charge in [-0.2, -0.15) is 0 Å². The predicted molar refractivity (Wildman–Crippen MR) is 64.3 cm³/mol. The van der Waals surface area contributed by atoms with Gasteiger partial charge in [0, 0.05) is 11.6 Å². The summed E-state index contributed by atoms with van der Waals surface area (Å²) >= 11 is 6.00. The summed E-state index contributed by atoms with van der Waals surface area (Å²) in [5, 5.41) is 3.91. The molecule has 0 bridgehead atoms. The van der Waals surface area contributed by atoms with Crippen LogP contribution >= 0.6 is 11.6 Å². The summed E-state index contributed by atoms with van der Waals surface area (Å²) in [5.74, 6) is 1.42. The van der Waals surface area contributed by atoms with Crippen LogP contribution in [0.2, 0.25) is 5.15 Å². The van der Waals surface area contributed by atoms with Gasteiger partial charge in [-0.05, 0) is 19.3 Å². The van der Waals surface area contributed by atoms with Crippen LogP contribution in [0.4, 0.5) is 5.82 Å². The Kier molecular flexibility index (Phi) is 4.33. The van der Waals surface area contributed by atoms with Crippen molar-refractivity contribution >= 4 is 17.4 Å². The van der Waals surface area contributed by atoms with E-state index >= 15 is 0 Å². The van der Waals surface area contributed by atoms with Gasteiger partial charge in [-0.15, -0.1) is 0 Å². The fourth-order valence-electron chi connectivity index (χ4n) is 1.21. The van der Waals surface area contributed by atoms with Crippen molar-refractivity contribution in [2.45, 2.75) is 40.2 Å². The molecule has 1 N–H and O–H groups in total. The van der Waals surface area contributed by atoms with Crippen LogP contribution in [0.15, 0.2) is 6.33 Å². The maximum atomic E-state index is 6.00. The molecule has 0 saturated heterocycles. The van der Waals surface area contributed by atoms with Crippen molar-refractivity contribution in [1.82, 2.24) is 9.97 Å². The molecule has 3 nitrogen and oxygen atoms in total. The standard InChI is InChI=1S/C11H18ClN3/c1-5-9-10(12)13-6-14-11(9)15-8(4)7(2)3/h6-8H,5H2,1-4H3,(H,13,14,15). The Morgan fingerprint density at radius 2 is 2.00 bits per heavy atom. The van der Waals surface area contributed by atoms with Crippen molar-refractivity contribution in [3.05, 3.63) is 17.0 Å². The molecule has 0 aliphatic heterocycles. The van der Waals surface area contributed by atoms with E-state index < -0.39 is 0 Å². The molecule has 1 heterocycles. The zero-order chi connectivity index (χ0) is 11.4. The molecule has 0 saturated carbocycles. The monoisotopic (exact) mass is 227 g/mol. The van der Waals surface area contributed by atoms with E-state index in [2.05, 4.69) is 43.0 Å². The van der Waals surface area contributed by atoms with Gasteiger partial charge < -0.3 is 5.32 Å². The third-order valence-electron chi connectivity index (χ3n) is 2.61. The molecule has 1 aromatic heterocycles. The molecule has 1 aromatic rings. The van der Waals surface area contributed by atoms with E-state index in [4.69, 9.17) is 11.6 Å². The first-order valence-corrected chi connectivity index (χ1v) is 5.70. The summed E-state index contributed by atoms with van der Waals surface area (Å²) in [5.41, 5.74) is 0.992. The maximum Gasteiger partial charge on any atom is 0.137 e. The highest BCUT2D eigenvalue weighted by molar-refractivity contribution is 6.30. The molecule has 1 unspecified atom stereocenters. The molecule has 0 fully saturated rings. The number of nitrogens with one attached hydrogen (secondary N) is 1. The first-order chi connectivity index (χ1) is 7.06. The summed E-state index contributed by atoms with van der Waals surface area (Å²) in [6, 6.07) is 0.376. The molecular weight excluding hydrogens is 210 g/mol. The van der Waals surface area contributed by atoms with Crippen LogP contribution in [0.5, 0.6) is 0 Å². The van der Waals surface area contributed by atoms with Crippen LogP contribution in [0.1, 0.15) is 33.3 Å². The van der Waals surface area contributed by atoms with Gasteiger partial charge in [0.25, 0.3) is 0 Å². The second-order valence-corrected chi connectivity index (χ2v) is 4.38. The summed E-state index contributed by atoms with van der Waals surface area (Å²) in [6.07, 6.45) is 2.34. The van der Waals surface area contributed by atoms with Crippen LogP contribution in [-0.4, -0.2) is 16.0 Å². The van der Waals surface area contributed by atoms with Crippen LogP contribution in [-0.2, 0) is 6.42 Å². The number of rotatable bonds is 4. The predicted octanol–water partition coefficient (Wildman–Crippen LogP) is 3.15. The van der Waals surface area contributed by atoms with Crippen molar-refractivity contribution in [3.63, 3.8) is 0 Å². The summed E-state index contributed by atoms with van der Waals surface area (Å²) < 4.78 is 0. The van der Waals surface area contributed by atoms with E-state index in [1.54, 1.807) is 0 Å². The van der Waals surface area contributed by atoms with E-state index in [1.807, 2.05) is 0 Å². The minimum Gasteiger partial charge on any atom is -0.367 e. The van der Waals surface area contributed by atoms with Crippen molar-refractivity contribution in [2.24, 2.45) is 5.92 Å². The quantitative estimate of drug-likeness (QED) is 0.804. The minimum absolute atomic E-state index is 0.376. The largest absolute Gasteiger partial charge is 0.367 e. The maximum absolute atomic E-state index is 6.00. The third-order valence-corrected chi connectivity index (χ3v) is 2.94. The first-order valence-electron chi connectivity index (χ1n) is 5.32. The zero-order valence-electron chi connectivity index (χ0n) is 9.71. The zero-order valence-corrected chi connectivity index (χ0v) is 10.5. The summed E-state index contributed by atoms with van der Waals surface area (Å²) in [7, 11) is 0. The van der Waals surface area contributed by atoms with Gasteiger partial charge in [0.1, 0.15) is 17.3 Å². The molecule has 15 heavy (non-hydrogen) atoms. The number of aromatic nitrogens is 2. The number of anilines is 1. The first kappa shape index (κ1) is 12.2. The van der Waals surface area contributed by atoms with Crippen LogP contribution in [0, 0.1) is 5.92 Å². The van der Waals surface area contributed by atoms with Crippen LogP contribution in [0.3, 0.4) is 0 Å². The molecule has 84 valence electrons. The fourth-order valence-corrected chi connectivity index (χ4v) is 1.48. The van der Waals surface area contributed by atoms with E-state index in [0.29, 0.717) is 17.1 Å². The number of hydrogen-bond acceptors (Lipinski definition) is 3. The number of halogens is 1. The normalized spacial score (nSPS) is 12.9. The highest BCUT2D eigenvalue weighted by atomic mass is 35.5. The highest BCUT2D eigenvalue weighted by Crippen LogP contribution is 2.21.